The number of Topliss-reactive ketones (excluding diaryl/α,β-unsaturated/α-hetero) is 2. The maximum Gasteiger partial charge on any atom is 0.188 e. The number of hydrogen-bond acceptors (Lipinski definition) is 2. The van der Waals surface area contributed by atoms with Gasteiger partial charge in [0.05, 0.1) is 0 Å². The van der Waals surface area contributed by atoms with Crippen LogP contribution in [0.5, 0.6) is 0 Å². The lowest BCUT2D eigenvalue weighted by Crippen LogP contribution is -2.01. The number of aryl methyl sites for hydroxylation is 1. The Labute approximate surface area is 102 Å². The number of carbonyl (C=O) groups excluding carboxylic acids is 2. The standard InChI is InChI=1S/C15H18O2/c1-11-7-9-14(10-8-11)15(17)12(2)5-4-6-13(3)16/h5,7-10H,4,6H2,1-3H3/b12-5-. The molecule has 0 spiro atoms. The molecular formula is C15H18O2. The van der Waals surface area contributed by atoms with Gasteiger partial charge in [0.1, 0.15) is 5.78 Å². The van der Waals surface area contributed by atoms with Crippen molar-refractivity contribution in [2.45, 2.75) is 33.6 Å². The fourth-order valence-electron chi connectivity index (χ4n) is 1.52. The fourth-order valence-corrected chi connectivity index (χ4v) is 1.52. The number of rotatable bonds is 5. The molecule has 17 heavy (non-hydrogen) atoms. The number of benzene rings is 1. The average molecular weight is 230 g/mol. The summed E-state index contributed by atoms with van der Waals surface area (Å²) >= 11 is 0. The van der Waals surface area contributed by atoms with Gasteiger partial charge in [0.15, 0.2) is 5.78 Å². The first-order chi connectivity index (χ1) is 8.00. The summed E-state index contributed by atoms with van der Waals surface area (Å²) in [5.41, 5.74) is 2.54. The van der Waals surface area contributed by atoms with E-state index < -0.39 is 0 Å². The number of hydrogen-bond donors (Lipinski definition) is 0. The van der Waals surface area contributed by atoms with Crippen LogP contribution in [0.3, 0.4) is 0 Å². The van der Waals surface area contributed by atoms with Gasteiger partial charge in [-0.25, -0.2) is 0 Å². The van der Waals surface area contributed by atoms with Crippen molar-refractivity contribution in [3.8, 4) is 0 Å². The Bertz CT molecular complexity index is 438. The van der Waals surface area contributed by atoms with Crippen LogP contribution in [0, 0.1) is 6.92 Å². The van der Waals surface area contributed by atoms with E-state index in [1.165, 1.54) is 0 Å². The van der Waals surface area contributed by atoms with Gasteiger partial charge in [0, 0.05) is 12.0 Å². The number of ketones is 2. The molecule has 0 atom stereocenters. The normalized spacial score (nSPS) is 11.4. The zero-order chi connectivity index (χ0) is 12.8. The van der Waals surface area contributed by atoms with E-state index in [-0.39, 0.29) is 11.6 Å². The van der Waals surface area contributed by atoms with Crippen LogP contribution in [-0.2, 0) is 4.79 Å². The maximum atomic E-state index is 12.0. The van der Waals surface area contributed by atoms with Crippen molar-refractivity contribution in [1.29, 1.82) is 0 Å². The van der Waals surface area contributed by atoms with Crippen LogP contribution in [0.2, 0.25) is 0 Å². The molecular weight excluding hydrogens is 212 g/mol. The first kappa shape index (κ1) is 13.4. The average Bonchev–Trinajstić information content (AvgIpc) is 2.28. The first-order valence-electron chi connectivity index (χ1n) is 5.78. The molecule has 0 amide bonds. The summed E-state index contributed by atoms with van der Waals surface area (Å²) in [4.78, 5) is 22.8. The summed E-state index contributed by atoms with van der Waals surface area (Å²) in [5.74, 6) is 0.186. The molecule has 0 aliphatic heterocycles. The lowest BCUT2D eigenvalue weighted by atomic mass is 10.0. The van der Waals surface area contributed by atoms with Gasteiger partial charge in [-0.1, -0.05) is 35.9 Å². The van der Waals surface area contributed by atoms with E-state index in [1.54, 1.807) is 13.8 Å². The van der Waals surface area contributed by atoms with Crippen molar-refractivity contribution in [3.05, 3.63) is 47.0 Å². The van der Waals surface area contributed by atoms with Gasteiger partial charge < -0.3 is 4.79 Å². The van der Waals surface area contributed by atoms with Gasteiger partial charge in [-0.3, -0.25) is 4.79 Å². The Morgan fingerprint density at radius 3 is 2.24 bits per heavy atom. The van der Waals surface area contributed by atoms with Crippen LogP contribution in [0.25, 0.3) is 0 Å². The maximum absolute atomic E-state index is 12.0. The lowest BCUT2D eigenvalue weighted by molar-refractivity contribution is -0.116. The third-order valence-electron chi connectivity index (χ3n) is 2.62. The fraction of sp³-hybridized carbons (Fsp3) is 0.333. The van der Waals surface area contributed by atoms with Crippen LogP contribution >= 0.6 is 0 Å². The number of allylic oxidation sites excluding steroid dienone is 2. The summed E-state index contributed by atoms with van der Waals surface area (Å²) in [5, 5.41) is 0. The first-order valence-corrected chi connectivity index (χ1v) is 5.78. The highest BCUT2D eigenvalue weighted by Crippen LogP contribution is 2.10. The second kappa shape index (κ2) is 6.14. The second-order valence-corrected chi connectivity index (χ2v) is 4.32. The van der Waals surface area contributed by atoms with Crippen molar-refractivity contribution in [2.24, 2.45) is 0 Å². The van der Waals surface area contributed by atoms with E-state index in [0.717, 1.165) is 5.56 Å². The molecule has 0 heterocycles. The highest BCUT2D eigenvalue weighted by Gasteiger charge is 2.07. The molecule has 90 valence electrons. The molecule has 0 aliphatic rings. The highest BCUT2D eigenvalue weighted by molar-refractivity contribution is 6.08. The van der Waals surface area contributed by atoms with Crippen LogP contribution < -0.4 is 0 Å². The van der Waals surface area contributed by atoms with Gasteiger partial charge in [0.2, 0.25) is 0 Å². The molecule has 0 fully saturated rings. The number of carbonyl (C=O) groups is 2. The third kappa shape index (κ3) is 4.35. The molecule has 0 N–H and O–H groups in total. The van der Waals surface area contributed by atoms with Crippen LogP contribution in [-0.4, -0.2) is 11.6 Å². The Kier molecular flexibility index (Phi) is 4.83. The monoisotopic (exact) mass is 230 g/mol. The molecule has 0 aromatic heterocycles. The zero-order valence-electron chi connectivity index (χ0n) is 10.6. The van der Waals surface area contributed by atoms with Crippen molar-refractivity contribution >= 4 is 11.6 Å². The third-order valence-corrected chi connectivity index (χ3v) is 2.62. The molecule has 0 radical (unpaired) electrons. The molecule has 2 nitrogen and oxygen atoms in total. The summed E-state index contributed by atoms with van der Waals surface area (Å²) in [6.07, 6.45) is 2.97. The van der Waals surface area contributed by atoms with Gasteiger partial charge in [0.25, 0.3) is 0 Å². The van der Waals surface area contributed by atoms with Gasteiger partial charge in [-0.2, -0.15) is 0 Å². The summed E-state index contributed by atoms with van der Waals surface area (Å²) < 4.78 is 0. The van der Waals surface area contributed by atoms with Crippen molar-refractivity contribution < 1.29 is 9.59 Å². The van der Waals surface area contributed by atoms with E-state index in [9.17, 15) is 9.59 Å². The van der Waals surface area contributed by atoms with Gasteiger partial charge >= 0.3 is 0 Å². The highest BCUT2D eigenvalue weighted by atomic mass is 16.1. The lowest BCUT2D eigenvalue weighted by Gasteiger charge is -2.02. The van der Waals surface area contributed by atoms with E-state index in [2.05, 4.69) is 0 Å². The minimum absolute atomic E-state index is 0.0357. The Morgan fingerprint density at radius 2 is 1.71 bits per heavy atom. The summed E-state index contributed by atoms with van der Waals surface area (Å²) in [7, 11) is 0. The zero-order valence-corrected chi connectivity index (χ0v) is 10.6. The molecule has 1 rings (SSSR count). The predicted molar refractivity (Wildman–Crippen MR) is 69.2 cm³/mol. The smallest absolute Gasteiger partial charge is 0.188 e. The molecule has 0 saturated heterocycles. The molecule has 0 saturated carbocycles. The Balaban J connectivity index is 2.69. The van der Waals surface area contributed by atoms with Crippen molar-refractivity contribution in [1.82, 2.24) is 0 Å². The quantitative estimate of drug-likeness (QED) is 0.573. The minimum Gasteiger partial charge on any atom is -0.300 e. The summed E-state index contributed by atoms with van der Waals surface area (Å²) in [6.45, 7) is 5.34. The van der Waals surface area contributed by atoms with E-state index in [1.807, 2.05) is 37.3 Å². The molecule has 1 aromatic carbocycles. The van der Waals surface area contributed by atoms with E-state index in [0.29, 0.717) is 24.0 Å². The predicted octanol–water partition coefficient (Wildman–Crippen LogP) is 3.49. The second-order valence-electron chi connectivity index (χ2n) is 4.32. The van der Waals surface area contributed by atoms with Crippen LogP contribution in [0.4, 0.5) is 0 Å². The van der Waals surface area contributed by atoms with Crippen LogP contribution in [0.15, 0.2) is 35.9 Å². The molecule has 0 aliphatic carbocycles. The largest absolute Gasteiger partial charge is 0.300 e. The van der Waals surface area contributed by atoms with Gasteiger partial charge in [-0.05, 0) is 32.8 Å². The van der Waals surface area contributed by atoms with Gasteiger partial charge in [-0.15, -0.1) is 0 Å². The minimum atomic E-state index is 0.0357. The Morgan fingerprint density at radius 1 is 1.12 bits per heavy atom. The van der Waals surface area contributed by atoms with E-state index in [4.69, 9.17) is 0 Å². The van der Waals surface area contributed by atoms with Crippen molar-refractivity contribution in [3.63, 3.8) is 0 Å². The van der Waals surface area contributed by atoms with Crippen molar-refractivity contribution in [2.75, 3.05) is 0 Å². The van der Waals surface area contributed by atoms with Crippen LogP contribution in [0.1, 0.15) is 42.6 Å². The Hall–Kier alpha value is -1.70. The summed E-state index contributed by atoms with van der Waals surface area (Å²) in [6, 6.07) is 7.52. The topological polar surface area (TPSA) is 34.1 Å². The van der Waals surface area contributed by atoms with E-state index >= 15 is 0 Å². The molecule has 2 heteroatoms. The molecule has 1 aromatic rings. The molecule has 0 bridgehead atoms. The molecule has 0 unspecified atom stereocenters. The SMILES string of the molecule is CC(=O)CC/C=C(/C)C(=O)c1ccc(C)cc1.